The molecule has 1 saturated carbocycles. The van der Waals surface area contributed by atoms with E-state index < -0.39 is 13.9 Å². The van der Waals surface area contributed by atoms with E-state index in [2.05, 4.69) is 57.8 Å². The van der Waals surface area contributed by atoms with Crippen LogP contribution in [0.5, 0.6) is 0 Å². The maximum Gasteiger partial charge on any atom is 0.312 e. The highest BCUT2D eigenvalue weighted by Gasteiger charge is 2.69. The molecule has 0 bridgehead atoms. The van der Waals surface area contributed by atoms with E-state index in [-0.39, 0.29) is 17.8 Å². The Morgan fingerprint density at radius 2 is 1.75 bits per heavy atom. The molecular weight excluding hydrogens is 268 g/mol. The molecule has 1 aliphatic carbocycles. The predicted molar refractivity (Wildman–Crippen MR) is 82.0 cm³/mol. The number of benzene rings is 1. The fraction of sp³-hybridized carbons (Fsp3) is 0.562. The molecule has 0 amide bonds. The molecule has 1 aromatic rings. The summed E-state index contributed by atoms with van der Waals surface area (Å²) in [6.07, 6.45) is 0. The average molecular weight is 292 g/mol. The fourth-order valence-corrected chi connectivity index (χ4v) is 4.46. The number of carbonyl (C=O) groups excluding carboxylic acids is 1. The van der Waals surface area contributed by atoms with Gasteiger partial charge in [0.1, 0.15) is 0 Å². The van der Waals surface area contributed by atoms with Gasteiger partial charge in [0.2, 0.25) is 0 Å². The lowest BCUT2D eigenvalue weighted by Crippen LogP contribution is -2.35. The number of aryl methyl sites for hydroxylation is 1. The molecule has 1 fully saturated rings. The van der Waals surface area contributed by atoms with Gasteiger partial charge >= 0.3 is 5.97 Å². The third-order valence-corrected chi connectivity index (χ3v) is 4.91. The number of ether oxygens (including phenoxy) is 1. The van der Waals surface area contributed by atoms with Crippen LogP contribution in [0.2, 0.25) is 19.6 Å². The summed E-state index contributed by atoms with van der Waals surface area (Å²) >= 11 is 0. The highest BCUT2D eigenvalue weighted by atomic mass is 28.4. The van der Waals surface area contributed by atoms with Crippen LogP contribution in [0.25, 0.3) is 0 Å². The predicted octanol–water partition coefficient (Wildman–Crippen LogP) is 3.48. The monoisotopic (exact) mass is 292 g/mol. The number of carbonyl (C=O) groups is 1. The van der Waals surface area contributed by atoms with Crippen LogP contribution < -0.4 is 0 Å². The number of methoxy groups -OCH3 is 1. The third-order valence-electron chi connectivity index (χ3n) is 3.96. The molecular formula is C16H24O3Si. The first-order valence-corrected chi connectivity index (χ1v) is 10.5. The lowest BCUT2D eigenvalue weighted by Gasteiger charge is -2.28. The van der Waals surface area contributed by atoms with Crippen molar-refractivity contribution in [2.24, 2.45) is 11.8 Å². The minimum Gasteiger partial charge on any atom is -0.469 e. The molecule has 2 rings (SSSR count). The maximum atomic E-state index is 12.0. The van der Waals surface area contributed by atoms with Crippen molar-refractivity contribution in [3.63, 3.8) is 0 Å². The molecule has 4 heteroatoms. The van der Waals surface area contributed by atoms with Crippen LogP contribution >= 0.6 is 0 Å². The molecule has 110 valence electrons. The average Bonchev–Trinajstić information content (AvgIpc) is 2.92. The zero-order valence-corrected chi connectivity index (χ0v) is 14.2. The van der Waals surface area contributed by atoms with E-state index in [0.29, 0.717) is 0 Å². The van der Waals surface area contributed by atoms with Crippen molar-refractivity contribution in [2.45, 2.75) is 39.1 Å². The number of rotatable bonds is 4. The van der Waals surface area contributed by atoms with Gasteiger partial charge in [0.05, 0.1) is 18.6 Å². The molecule has 0 aliphatic heterocycles. The normalized spacial score (nSPS) is 29.1. The molecule has 3 atom stereocenters. The van der Waals surface area contributed by atoms with Crippen molar-refractivity contribution in [2.75, 3.05) is 7.11 Å². The first-order valence-electron chi connectivity index (χ1n) is 7.07. The van der Waals surface area contributed by atoms with E-state index in [4.69, 9.17) is 9.16 Å². The van der Waals surface area contributed by atoms with Crippen LogP contribution in [0, 0.1) is 18.8 Å². The van der Waals surface area contributed by atoms with Crippen molar-refractivity contribution in [3.8, 4) is 0 Å². The first kappa shape index (κ1) is 15.3. The Hall–Kier alpha value is -1.13. The second kappa shape index (κ2) is 5.01. The van der Waals surface area contributed by atoms with E-state index in [1.165, 1.54) is 12.7 Å². The van der Waals surface area contributed by atoms with Gasteiger partial charge in [-0.1, -0.05) is 36.8 Å². The van der Waals surface area contributed by atoms with Gasteiger partial charge in [0, 0.05) is 5.92 Å². The number of hydrogen-bond donors (Lipinski definition) is 0. The van der Waals surface area contributed by atoms with E-state index in [1.807, 2.05) is 0 Å². The summed E-state index contributed by atoms with van der Waals surface area (Å²) in [5.41, 5.74) is 1.80. The van der Waals surface area contributed by atoms with Crippen LogP contribution in [0.4, 0.5) is 0 Å². The minimum atomic E-state index is -1.78. The second-order valence-electron chi connectivity index (χ2n) is 6.66. The summed E-state index contributed by atoms with van der Waals surface area (Å²) in [7, 11) is -0.330. The Kier molecular flexibility index (Phi) is 3.82. The lowest BCUT2D eigenvalue weighted by molar-refractivity contribution is -0.144. The largest absolute Gasteiger partial charge is 0.469 e. The summed E-state index contributed by atoms with van der Waals surface area (Å²) in [6.45, 7) is 10.6. The van der Waals surface area contributed by atoms with Crippen molar-refractivity contribution in [3.05, 3.63) is 35.4 Å². The molecule has 1 aromatic carbocycles. The van der Waals surface area contributed by atoms with Crippen LogP contribution in [0.1, 0.15) is 18.1 Å². The van der Waals surface area contributed by atoms with Crippen LogP contribution in [0.3, 0.4) is 0 Å². The van der Waals surface area contributed by atoms with Gasteiger partial charge < -0.3 is 9.16 Å². The smallest absolute Gasteiger partial charge is 0.312 e. The first-order chi connectivity index (χ1) is 9.22. The zero-order chi connectivity index (χ0) is 15.1. The fourth-order valence-electron chi connectivity index (χ4n) is 3.02. The summed E-state index contributed by atoms with van der Waals surface area (Å²) < 4.78 is 11.4. The van der Waals surface area contributed by atoms with Crippen molar-refractivity contribution >= 4 is 14.3 Å². The summed E-state index contributed by atoms with van der Waals surface area (Å²) in [6, 6.07) is 8.30. The van der Waals surface area contributed by atoms with Crippen LogP contribution in [0.15, 0.2) is 24.3 Å². The molecule has 20 heavy (non-hydrogen) atoms. The molecule has 1 aliphatic rings. The molecule has 3 unspecified atom stereocenters. The van der Waals surface area contributed by atoms with Gasteiger partial charge in [-0.05, 0) is 32.1 Å². The SMILES string of the molecule is COC(=O)C1C(C)C1(O[Si](C)(C)C)c1ccc(C)cc1. The highest BCUT2D eigenvalue weighted by Crippen LogP contribution is 2.62. The van der Waals surface area contributed by atoms with E-state index in [0.717, 1.165) is 5.56 Å². The summed E-state index contributed by atoms with van der Waals surface area (Å²) in [5.74, 6) is -0.206. The van der Waals surface area contributed by atoms with Gasteiger partial charge in [-0.3, -0.25) is 4.79 Å². The number of esters is 1. The Morgan fingerprint density at radius 3 is 2.20 bits per heavy atom. The molecule has 0 radical (unpaired) electrons. The van der Waals surface area contributed by atoms with Gasteiger partial charge in [-0.15, -0.1) is 0 Å². The summed E-state index contributed by atoms with van der Waals surface area (Å²) in [4.78, 5) is 12.0. The van der Waals surface area contributed by atoms with Crippen molar-refractivity contribution in [1.82, 2.24) is 0 Å². The van der Waals surface area contributed by atoms with Crippen LogP contribution in [-0.4, -0.2) is 21.4 Å². The Bertz CT molecular complexity index is 503. The van der Waals surface area contributed by atoms with Gasteiger partial charge in [0.15, 0.2) is 8.32 Å². The van der Waals surface area contributed by atoms with E-state index in [1.54, 1.807) is 0 Å². The van der Waals surface area contributed by atoms with Gasteiger partial charge in [-0.25, -0.2) is 0 Å². The molecule has 0 saturated heterocycles. The second-order valence-corrected chi connectivity index (χ2v) is 11.1. The zero-order valence-electron chi connectivity index (χ0n) is 13.2. The minimum absolute atomic E-state index is 0.157. The molecule has 3 nitrogen and oxygen atoms in total. The molecule has 0 spiro atoms. The molecule has 0 aromatic heterocycles. The van der Waals surface area contributed by atoms with Crippen molar-refractivity contribution in [1.29, 1.82) is 0 Å². The molecule has 0 N–H and O–H groups in total. The van der Waals surface area contributed by atoms with E-state index >= 15 is 0 Å². The Labute approximate surface area is 122 Å². The Morgan fingerprint density at radius 1 is 1.20 bits per heavy atom. The number of hydrogen-bond acceptors (Lipinski definition) is 3. The third kappa shape index (κ3) is 2.54. The maximum absolute atomic E-state index is 12.0. The van der Waals surface area contributed by atoms with E-state index in [9.17, 15) is 4.79 Å². The molecule has 0 heterocycles. The van der Waals surface area contributed by atoms with Crippen molar-refractivity contribution < 1.29 is 14.0 Å². The standard InChI is InChI=1S/C16H24O3Si/c1-11-7-9-13(10-8-11)16(19-20(4,5)6)12(2)14(16)15(17)18-3/h7-10,12,14H,1-6H3. The summed E-state index contributed by atoms with van der Waals surface area (Å²) in [5, 5.41) is 0. The van der Waals surface area contributed by atoms with Gasteiger partial charge in [-0.2, -0.15) is 0 Å². The highest BCUT2D eigenvalue weighted by molar-refractivity contribution is 6.69. The topological polar surface area (TPSA) is 35.5 Å². The van der Waals surface area contributed by atoms with Crippen LogP contribution in [-0.2, 0) is 19.6 Å². The quantitative estimate of drug-likeness (QED) is 0.629. The van der Waals surface area contributed by atoms with Gasteiger partial charge in [0.25, 0.3) is 0 Å². The Balaban J connectivity index is 2.41. The lowest BCUT2D eigenvalue weighted by atomic mass is 10.0.